The zero-order valence-corrected chi connectivity index (χ0v) is 9.71. The van der Waals surface area contributed by atoms with Gasteiger partial charge in [-0.1, -0.05) is 32.6 Å². The number of rotatable bonds is 5. The van der Waals surface area contributed by atoms with Gasteiger partial charge in [0.05, 0.1) is 12.5 Å². The van der Waals surface area contributed by atoms with E-state index in [1.165, 1.54) is 0 Å². The van der Waals surface area contributed by atoms with Gasteiger partial charge < -0.3 is 10.5 Å². The Hall–Kier alpha value is -0.570. The minimum Gasteiger partial charge on any atom is -0.465 e. The maximum atomic E-state index is 11.7. The van der Waals surface area contributed by atoms with E-state index >= 15 is 0 Å². The molecule has 1 aliphatic carbocycles. The van der Waals surface area contributed by atoms with Gasteiger partial charge >= 0.3 is 5.97 Å². The lowest BCUT2D eigenvalue weighted by molar-refractivity contribution is -0.150. The van der Waals surface area contributed by atoms with Crippen molar-refractivity contribution >= 4 is 5.97 Å². The molecule has 1 fully saturated rings. The van der Waals surface area contributed by atoms with Crippen LogP contribution in [0.4, 0.5) is 0 Å². The number of carbonyl (C=O) groups is 1. The smallest absolute Gasteiger partial charge is 0.310 e. The molecule has 0 spiro atoms. The Morgan fingerprint density at radius 2 is 2.07 bits per heavy atom. The van der Waals surface area contributed by atoms with Crippen LogP contribution in [0.15, 0.2) is 0 Å². The van der Waals surface area contributed by atoms with Crippen molar-refractivity contribution in [3.63, 3.8) is 0 Å². The van der Waals surface area contributed by atoms with E-state index in [0.29, 0.717) is 6.61 Å². The highest BCUT2D eigenvalue weighted by atomic mass is 16.5. The molecule has 0 heterocycles. The fourth-order valence-corrected chi connectivity index (χ4v) is 2.08. The Morgan fingerprint density at radius 1 is 1.33 bits per heavy atom. The summed E-state index contributed by atoms with van der Waals surface area (Å²) in [6.45, 7) is 2.70. The van der Waals surface area contributed by atoms with Gasteiger partial charge in [0.2, 0.25) is 0 Å². The molecule has 0 amide bonds. The minimum atomic E-state index is -0.0710. The molecule has 3 nitrogen and oxygen atoms in total. The number of unbranched alkanes of at least 4 members (excludes halogenated alkanes) is 2. The van der Waals surface area contributed by atoms with Crippen LogP contribution in [0.5, 0.6) is 0 Å². The van der Waals surface area contributed by atoms with Crippen LogP contribution in [-0.4, -0.2) is 18.6 Å². The highest BCUT2D eigenvalue weighted by Crippen LogP contribution is 2.24. The molecule has 1 saturated carbocycles. The molecule has 0 aliphatic heterocycles. The van der Waals surface area contributed by atoms with E-state index in [2.05, 4.69) is 6.92 Å². The van der Waals surface area contributed by atoms with E-state index in [1.54, 1.807) is 0 Å². The zero-order valence-electron chi connectivity index (χ0n) is 9.71. The van der Waals surface area contributed by atoms with Crippen LogP contribution in [0.1, 0.15) is 51.9 Å². The summed E-state index contributed by atoms with van der Waals surface area (Å²) in [5.74, 6) is -0.112. The standard InChI is InChI=1S/C12H23NO2/c1-2-3-6-9-15-12(14)10-7-4-5-8-11(10)13/h10-11H,2-9,13H2,1H3. The largest absolute Gasteiger partial charge is 0.465 e. The van der Waals surface area contributed by atoms with Crippen molar-refractivity contribution in [3.05, 3.63) is 0 Å². The molecule has 1 rings (SSSR count). The Balaban J connectivity index is 2.20. The van der Waals surface area contributed by atoms with Crippen molar-refractivity contribution in [1.29, 1.82) is 0 Å². The van der Waals surface area contributed by atoms with E-state index in [1.807, 2.05) is 0 Å². The molecule has 0 saturated heterocycles. The van der Waals surface area contributed by atoms with E-state index in [0.717, 1.165) is 44.9 Å². The minimum absolute atomic E-state index is 0.0254. The lowest BCUT2D eigenvalue weighted by atomic mass is 9.85. The predicted octanol–water partition coefficient (Wildman–Crippen LogP) is 2.24. The molecule has 0 aromatic carbocycles. The van der Waals surface area contributed by atoms with Crippen molar-refractivity contribution in [1.82, 2.24) is 0 Å². The molecule has 88 valence electrons. The zero-order chi connectivity index (χ0) is 11.1. The van der Waals surface area contributed by atoms with Crippen LogP contribution < -0.4 is 5.73 Å². The topological polar surface area (TPSA) is 52.3 Å². The maximum Gasteiger partial charge on any atom is 0.310 e. The second-order valence-electron chi connectivity index (χ2n) is 4.43. The number of hydrogen-bond donors (Lipinski definition) is 1. The third kappa shape index (κ3) is 4.20. The van der Waals surface area contributed by atoms with Crippen LogP contribution in [0, 0.1) is 5.92 Å². The van der Waals surface area contributed by atoms with Crippen LogP contribution in [0.3, 0.4) is 0 Å². The summed E-state index contributed by atoms with van der Waals surface area (Å²) in [6.07, 6.45) is 7.40. The molecule has 0 aromatic rings. The lowest BCUT2D eigenvalue weighted by Crippen LogP contribution is -2.39. The van der Waals surface area contributed by atoms with Gasteiger partial charge in [0, 0.05) is 6.04 Å². The third-order valence-corrected chi connectivity index (χ3v) is 3.11. The SMILES string of the molecule is CCCCCOC(=O)C1CCCCC1N. The van der Waals surface area contributed by atoms with Gasteiger partial charge in [-0.05, 0) is 19.3 Å². The summed E-state index contributed by atoms with van der Waals surface area (Å²) in [5, 5.41) is 0. The molecule has 0 bridgehead atoms. The van der Waals surface area contributed by atoms with Crippen LogP contribution in [-0.2, 0) is 9.53 Å². The van der Waals surface area contributed by atoms with E-state index in [9.17, 15) is 4.79 Å². The van der Waals surface area contributed by atoms with Gasteiger partial charge in [-0.3, -0.25) is 4.79 Å². The highest BCUT2D eigenvalue weighted by Gasteiger charge is 2.29. The molecule has 15 heavy (non-hydrogen) atoms. The van der Waals surface area contributed by atoms with Crippen molar-refractivity contribution in [3.8, 4) is 0 Å². The third-order valence-electron chi connectivity index (χ3n) is 3.11. The quantitative estimate of drug-likeness (QED) is 0.563. The number of hydrogen-bond acceptors (Lipinski definition) is 3. The molecule has 2 unspecified atom stereocenters. The van der Waals surface area contributed by atoms with Gasteiger partial charge in [-0.15, -0.1) is 0 Å². The first-order chi connectivity index (χ1) is 7.25. The fourth-order valence-electron chi connectivity index (χ4n) is 2.08. The first-order valence-corrected chi connectivity index (χ1v) is 6.18. The number of ether oxygens (including phenoxy) is 1. The van der Waals surface area contributed by atoms with Gasteiger partial charge in [0.15, 0.2) is 0 Å². The van der Waals surface area contributed by atoms with Crippen molar-refractivity contribution in [2.24, 2.45) is 11.7 Å². The highest BCUT2D eigenvalue weighted by molar-refractivity contribution is 5.73. The van der Waals surface area contributed by atoms with Crippen LogP contribution in [0.2, 0.25) is 0 Å². The van der Waals surface area contributed by atoms with Crippen LogP contribution >= 0.6 is 0 Å². The molecule has 1 aliphatic rings. The average molecular weight is 213 g/mol. The van der Waals surface area contributed by atoms with Crippen molar-refractivity contribution < 1.29 is 9.53 Å². The first-order valence-electron chi connectivity index (χ1n) is 6.18. The molecule has 0 aromatic heterocycles. The lowest BCUT2D eigenvalue weighted by Gasteiger charge is -2.26. The summed E-state index contributed by atoms with van der Waals surface area (Å²) in [5.41, 5.74) is 5.91. The average Bonchev–Trinajstić information content (AvgIpc) is 2.25. The first kappa shape index (κ1) is 12.5. The Morgan fingerprint density at radius 3 is 2.73 bits per heavy atom. The van der Waals surface area contributed by atoms with Crippen LogP contribution in [0.25, 0.3) is 0 Å². The monoisotopic (exact) mass is 213 g/mol. The number of carbonyl (C=O) groups excluding carboxylic acids is 1. The number of nitrogens with two attached hydrogens (primary N) is 1. The summed E-state index contributed by atoms with van der Waals surface area (Å²) in [6, 6.07) is 0.0254. The molecule has 0 radical (unpaired) electrons. The summed E-state index contributed by atoms with van der Waals surface area (Å²) in [7, 11) is 0. The van der Waals surface area contributed by atoms with E-state index in [-0.39, 0.29) is 17.9 Å². The molecule has 3 heteroatoms. The second-order valence-corrected chi connectivity index (χ2v) is 4.43. The van der Waals surface area contributed by atoms with Crippen molar-refractivity contribution in [2.75, 3.05) is 6.61 Å². The van der Waals surface area contributed by atoms with Crippen molar-refractivity contribution in [2.45, 2.75) is 57.9 Å². The molecule has 2 atom stereocenters. The molecule has 2 N–H and O–H groups in total. The number of esters is 1. The normalized spacial score (nSPS) is 26.3. The Bertz CT molecular complexity index is 194. The summed E-state index contributed by atoms with van der Waals surface area (Å²) < 4.78 is 5.24. The van der Waals surface area contributed by atoms with Gasteiger partial charge in [-0.25, -0.2) is 0 Å². The molecular weight excluding hydrogens is 190 g/mol. The Labute approximate surface area is 92.4 Å². The summed E-state index contributed by atoms with van der Waals surface area (Å²) in [4.78, 5) is 11.7. The molecular formula is C12H23NO2. The fraction of sp³-hybridized carbons (Fsp3) is 0.917. The maximum absolute atomic E-state index is 11.7. The van der Waals surface area contributed by atoms with Gasteiger partial charge in [0.1, 0.15) is 0 Å². The Kier molecular flexibility index (Phi) is 5.69. The van der Waals surface area contributed by atoms with Gasteiger partial charge in [0.25, 0.3) is 0 Å². The predicted molar refractivity (Wildman–Crippen MR) is 60.4 cm³/mol. The second kappa shape index (κ2) is 6.83. The summed E-state index contributed by atoms with van der Waals surface area (Å²) >= 11 is 0. The van der Waals surface area contributed by atoms with E-state index in [4.69, 9.17) is 10.5 Å². The van der Waals surface area contributed by atoms with Gasteiger partial charge in [-0.2, -0.15) is 0 Å². The van der Waals surface area contributed by atoms with E-state index < -0.39 is 0 Å².